The number of benzene rings is 2. The second-order valence-electron chi connectivity index (χ2n) is 6.87. The molecule has 5 aromatic rings. The third kappa shape index (κ3) is 2.91. The minimum Gasteiger partial charge on any atom is -0.497 e. The predicted octanol–water partition coefficient (Wildman–Crippen LogP) is 2.91. The van der Waals surface area contributed by atoms with Crippen molar-refractivity contribution in [3.05, 3.63) is 59.8 Å². The van der Waals surface area contributed by atoms with E-state index in [-0.39, 0.29) is 0 Å². The second kappa shape index (κ2) is 7.11. The van der Waals surface area contributed by atoms with Gasteiger partial charge in [-0.2, -0.15) is 9.61 Å². The van der Waals surface area contributed by atoms with E-state index >= 15 is 0 Å². The Bertz CT molecular complexity index is 1340. The lowest BCUT2D eigenvalue weighted by Gasteiger charge is -2.06. The highest BCUT2D eigenvalue weighted by molar-refractivity contribution is 5.89. The second-order valence-corrected chi connectivity index (χ2v) is 6.87. The molecule has 0 aliphatic rings. The first-order chi connectivity index (χ1) is 14.7. The van der Waals surface area contributed by atoms with E-state index in [1.807, 2.05) is 60.1 Å². The molecule has 0 bridgehead atoms. The Kier molecular flexibility index (Phi) is 4.27. The van der Waals surface area contributed by atoms with E-state index in [9.17, 15) is 0 Å². The van der Waals surface area contributed by atoms with Gasteiger partial charge in [0.25, 0.3) is 0 Å². The van der Waals surface area contributed by atoms with Crippen LogP contribution in [0.4, 0.5) is 0 Å². The number of hydrogen-bond acceptors (Lipinski definition) is 7. The van der Waals surface area contributed by atoms with Gasteiger partial charge in [0.05, 0.1) is 26.5 Å². The smallest absolute Gasteiger partial charge is 0.205 e. The van der Waals surface area contributed by atoms with Crippen LogP contribution in [-0.4, -0.2) is 49.0 Å². The predicted molar refractivity (Wildman–Crippen MR) is 111 cm³/mol. The van der Waals surface area contributed by atoms with E-state index in [0.29, 0.717) is 23.5 Å². The average Bonchev–Trinajstić information content (AvgIpc) is 3.39. The SMILES string of the molecule is COc1ccc(Cn2nnc3c(C)nn4c(-c5ccc(OC)cc5)nnc4c32)cc1. The van der Waals surface area contributed by atoms with Crippen molar-refractivity contribution in [1.29, 1.82) is 0 Å². The largest absolute Gasteiger partial charge is 0.497 e. The van der Waals surface area contributed by atoms with Gasteiger partial charge < -0.3 is 9.47 Å². The third-order valence-corrected chi connectivity index (χ3v) is 5.02. The molecule has 0 saturated heterocycles. The van der Waals surface area contributed by atoms with Crippen molar-refractivity contribution in [3.8, 4) is 22.9 Å². The summed E-state index contributed by atoms with van der Waals surface area (Å²) < 4.78 is 14.0. The van der Waals surface area contributed by atoms with Crippen molar-refractivity contribution in [2.24, 2.45) is 0 Å². The van der Waals surface area contributed by atoms with Crippen LogP contribution in [0, 0.1) is 6.92 Å². The Labute approximate surface area is 171 Å². The highest BCUT2D eigenvalue weighted by Crippen LogP contribution is 2.25. The Hall–Kier alpha value is -4.01. The molecule has 0 atom stereocenters. The van der Waals surface area contributed by atoms with Gasteiger partial charge in [0.2, 0.25) is 5.65 Å². The lowest BCUT2D eigenvalue weighted by molar-refractivity contribution is 0.414. The molecule has 0 aliphatic carbocycles. The van der Waals surface area contributed by atoms with Crippen LogP contribution in [0.3, 0.4) is 0 Å². The van der Waals surface area contributed by atoms with Crippen LogP contribution in [0.5, 0.6) is 11.5 Å². The van der Waals surface area contributed by atoms with Gasteiger partial charge in [-0.25, -0.2) is 4.68 Å². The van der Waals surface area contributed by atoms with E-state index in [1.54, 1.807) is 18.7 Å². The summed E-state index contributed by atoms with van der Waals surface area (Å²) in [6.45, 7) is 2.45. The summed E-state index contributed by atoms with van der Waals surface area (Å²) in [5.74, 6) is 2.24. The number of ether oxygens (including phenoxy) is 2. The highest BCUT2D eigenvalue weighted by atomic mass is 16.5. The summed E-state index contributed by atoms with van der Waals surface area (Å²) in [6.07, 6.45) is 0. The molecule has 0 radical (unpaired) electrons. The molecule has 9 heteroatoms. The maximum absolute atomic E-state index is 5.24. The lowest BCUT2D eigenvalue weighted by atomic mass is 10.2. The van der Waals surface area contributed by atoms with E-state index in [1.165, 1.54) is 0 Å². The molecular weight excluding hydrogens is 382 g/mol. The van der Waals surface area contributed by atoms with Gasteiger partial charge in [0.1, 0.15) is 22.5 Å². The number of aromatic nitrogens is 7. The number of hydrogen-bond donors (Lipinski definition) is 0. The van der Waals surface area contributed by atoms with Gasteiger partial charge >= 0.3 is 0 Å². The molecule has 150 valence electrons. The van der Waals surface area contributed by atoms with Crippen molar-refractivity contribution in [3.63, 3.8) is 0 Å². The standard InChI is InChI=1S/C21H19N7O2/c1-13-18-19(27(26-22-18)12-14-4-8-16(29-2)9-5-14)21-24-23-20(28(21)25-13)15-6-10-17(30-3)11-7-15/h4-11H,12H2,1-3H3. The van der Waals surface area contributed by atoms with Crippen LogP contribution in [0.2, 0.25) is 0 Å². The summed E-state index contributed by atoms with van der Waals surface area (Å²) in [4.78, 5) is 0. The quantitative estimate of drug-likeness (QED) is 0.447. The van der Waals surface area contributed by atoms with Gasteiger partial charge in [-0.3, -0.25) is 0 Å². The Balaban J connectivity index is 1.63. The minimum absolute atomic E-state index is 0.546. The van der Waals surface area contributed by atoms with E-state index in [4.69, 9.17) is 9.47 Å². The molecule has 3 aromatic heterocycles. The number of nitrogens with zero attached hydrogens (tertiary/aromatic N) is 7. The lowest BCUT2D eigenvalue weighted by Crippen LogP contribution is -2.05. The van der Waals surface area contributed by atoms with Crippen molar-refractivity contribution < 1.29 is 9.47 Å². The molecule has 0 unspecified atom stereocenters. The maximum Gasteiger partial charge on any atom is 0.205 e. The summed E-state index contributed by atoms with van der Waals surface area (Å²) in [7, 11) is 3.29. The molecule has 3 heterocycles. The van der Waals surface area contributed by atoms with Crippen molar-refractivity contribution >= 4 is 16.7 Å². The van der Waals surface area contributed by atoms with Crippen molar-refractivity contribution in [2.75, 3.05) is 14.2 Å². The van der Waals surface area contributed by atoms with E-state index in [0.717, 1.165) is 33.8 Å². The Morgan fingerprint density at radius 1 is 0.833 bits per heavy atom. The molecule has 0 aliphatic heterocycles. The van der Waals surface area contributed by atoms with Crippen LogP contribution in [0.15, 0.2) is 48.5 Å². The molecule has 5 rings (SSSR count). The topological polar surface area (TPSA) is 92.2 Å². The zero-order chi connectivity index (χ0) is 20.7. The maximum atomic E-state index is 5.24. The first-order valence-corrected chi connectivity index (χ1v) is 9.40. The van der Waals surface area contributed by atoms with Crippen LogP contribution in [0.25, 0.3) is 28.1 Å². The molecule has 0 saturated carbocycles. The Morgan fingerprint density at radius 2 is 1.50 bits per heavy atom. The van der Waals surface area contributed by atoms with Gasteiger partial charge in [0.15, 0.2) is 5.82 Å². The van der Waals surface area contributed by atoms with Gasteiger partial charge in [-0.15, -0.1) is 15.3 Å². The first-order valence-electron chi connectivity index (χ1n) is 9.40. The summed E-state index contributed by atoms with van der Waals surface area (Å²) in [5, 5.41) is 22.1. The Morgan fingerprint density at radius 3 is 2.17 bits per heavy atom. The fourth-order valence-corrected chi connectivity index (χ4v) is 3.43. The zero-order valence-electron chi connectivity index (χ0n) is 16.8. The summed E-state index contributed by atoms with van der Waals surface area (Å²) in [5.41, 5.74) is 4.84. The fraction of sp³-hybridized carbons (Fsp3) is 0.190. The minimum atomic E-state index is 0.546. The molecule has 0 amide bonds. The van der Waals surface area contributed by atoms with E-state index < -0.39 is 0 Å². The van der Waals surface area contributed by atoms with Crippen LogP contribution < -0.4 is 9.47 Å². The first kappa shape index (κ1) is 18.0. The van der Waals surface area contributed by atoms with Crippen molar-refractivity contribution in [2.45, 2.75) is 13.5 Å². The number of rotatable bonds is 5. The molecular formula is C21H19N7O2. The van der Waals surface area contributed by atoms with Gasteiger partial charge in [0, 0.05) is 5.56 Å². The molecule has 2 aromatic carbocycles. The highest BCUT2D eigenvalue weighted by Gasteiger charge is 2.19. The zero-order valence-corrected chi connectivity index (χ0v) is 16.8. The normalized spacial score (nSPS) is 11.3. The molecule has 9 nitrogen and oxygen atoms in total. The third-order valence-electron chi connectivity index (χ3n) is 5.02. The molecule has 0 N–H and O–H groups in total. The number of fused-ring (bicyclic) bond motifs is 3. The fourth-order valence-electron chi connectivity index (χ4n) is 3.43. The summed E-state index contributed by atoms with van der Waals surface area (Å²) >= 11 is 0. The van der Waals surface area contributed by atoms with Gasteiger partial charge in [-0.05, 0) is 48.9 Å². The number of methoxy groups -OCH3 is 2. The van der Waals surface area contributed by atoms with Gasteiger partial charge in [-0.1, -0.05) is 17.3 Å². The molecule has 0 spiro atoms. The van der Waals surface area contributed by atoms with Crippen LogP contribution in [-0.2, 0) is 6.54 Å². The number of aryl methyl sites for hydroxylation is 1. The van der Waals surface area contributed by atoms with Crippen LogP contribution >= 0.6 is 0 Å². The van der Waals surface area contributed by atoms with Crippen LogP contribution in [0.1, 0.15) is 11.3 Å². The van der Waals surface area contributed by atoms with E-state index in [2.05, 4.69) is 25.6 Å². The summed E-state index contributed by atoms with van der Waals surface area (Å²) in [6, 6.07) is 15.5. The monoisotopic (exact) mass is 401 g/mol. The average molecular weight is 401 g/mol. The van der Waals surface area contributed by atoms with Crippen molar-refractivity contribution in [1.82, 2.24) is 34.8 Å². The molecule has 30 heavy (non-hydrogen) atoms. The molecule has 0 fully saturated rings.